The lowest BCUT2D eigenvalue weighted by molar-refractivity contribution is -0.278. The van der Waals surface area contributed by atoms with Crippen LogP contribution >= 0.6 is 0 Å². The zero-order chi connectivity index (χ0) is 33.4. The van der Waals surface area contributed by atoms with Gasteiger partial charge < -0.3 is 74.7 Å². The van der Waals surface area contributed by atoms with E-state index in [1.807, 2.05) is 0 Å². The summed E-state index contributed by atoms with van der Waals surface area (Å²) in [5, 5.41) is 102. The van der Waals surface area contributed by atoms with Gasteiger partial charge in [-0.3, -0.25) is 4.79 Å². The monoisotopic (exact) mass is 653 g/mol. The molecule has 2 aromatic carbocycles. The number of esters is 1. The summed E-state index contributed by atoms with van der Waals surface area (Å²) in [6.45, 7) is -0.117. The first kappa shape index (κ1) is 33.3. The average Bonchev–Trinajstić information content (AvgIpc) is 3.02. The second kappa shape index (κ2) is 13.4. The summed E-state index contributed by atoms with van der Waals surface area (Å²) in [6.07, 6.45) is -16.6. The number of benzene rings is 2. The highest BCUT2D eigenvalue weighted by Crippen LogP contribution is 2.43. The molecule has 10 N–H and O–H groups in total. The quantitative estimate of drug-likeness (QED) is 0.0746. The summed E-state index contributed by atoms with van der Waals surface area (Å²) in [6, 6.07) is 7.12. The van der Waals surface area contributed by atoms with Crippen molar-refractivity contribution in [2.75, 3.05) is 13.2 Å². The number of hydrogen-bond donors (Lipinski definition) is 10. The number of rotatable bonds is 8. The Bertz CT molecular complexity index is 1560. The van der Waals surface area contributed by atoms with Gasteiger partial charge in [-0.05, 0) is 12.1 Å². The van der Waals surface area contributed by atoms with Crippen LogP contribution < -0.4 is 9.47 Å². The molecule has 5 rings (SSSR count). The van der Waals surface area contributed by atoms with Gasteiger partial charge in [-0.2, -0.15) is 0 Å². The molecule has 0 radical (unpaired) electrons. The first-order valence-electron chi connectivity index (χ1n) is 13.9. The van der Waals surface area contributed by atoms with Gasteiger partial charge in [0.1, 0.15) is 72.3 Å². The molecule has 17 heteroatoms. The van der Waals surface area contributed by atoms with Gasteiger partial charge in [-0.25, -0.2) is 4.42 Å². The molecule has 10 atom stereocenters. The van der Waals surface area contributed by atoms with Crippen LogP contribution in [-0.4, -0.2) is 132 Å². The molecule has 10 unspecified atom stereocenters. The fourth-order valence-electron chi connectivity index (χ4n) is 4.99. The minimum atomic E-state index is -1.86. The van der Waals surface area contributed by atoms with Crippen molar-refractivity contribution >= 4 is 16.9 Å². The van der Waals surface area contributed by atoms with E-state index in [9.17, 15) is 55.9 Å². The fourth-order valence-corrected chi connectivity index (χ4v) is 4.99. The van der Waals surface area contributed by atoms with E-state index < -0.39 is 97.8 Å². The number of phenols is 3. The third-order valence-electron chi connectivity index (χ3n) is 7.49. The van der Waals surface area contributed by atoms with Crippen LogP contribution in [0.15, 0.2) is 40.8 Å². The van der Waals surface area contributed by atoms with Gasteiger partial charge in [0.2, 0.25) is 18.3 Å². The van der Waals surface area contributed by atoms with Gasteiger partial charge in [-0.1, -0.05) is 0 Å². The third-order valence-corrected chi connectivity index (χ3v) is 7.49. The SMILES string of the molecule is CC(=O)OCC1OC(Oc2cc3c(OC4OC(CO)C(O)C(O)C4O)cc(O)cc3[o+]c2-c2ccc(O)c(O)c2)C(O)C(O)C1O. The normalized spacial score (nSPS) is 31.4. The molecular weight excluding hydrogens is 620 g/mol. The number of fused-ring (bicyclic) bond motifs is 1. The van der Waals surface area contributed by atoms with Crippen molar-refractivity contribution in [1.29, 1.82) is 0 Å². The highest BCUT2D eigenvalue weighted by Gasteiger charge is 2.47. The molecule has 2 aliphatic heterocycles. The zero-order valence-corrected chi connectivity index (χ0v) is 24.0. The summed E-state index contributed by atoms with van der Waals surface area (Å²) in [7, 11) is 0. The lowest BCUT2D eigenvalue weighted by Gasteiger charge is -2.39. The van der Waals surface area contributed by atoms with Gasteiger partial charge in [0.05, 0.1) is 18.2 Å². The van der Waals surface area contributed by atoms with Crippen molar-refractivity contribution in [2.45, 2.75) is 68.3 Å². The molecule has 2 aliphatic rings. The molecule has 0 bridgehead atoms. The van der Waals surface area contributed by atoms with Gasteiger partial charge in [0.25, 0.3) is 0 Å². The molecule has 17 nitrogen and oxygen atoms in total. The number of carbonyl (C=O) groups is 1. The topological polar surface area (TPSA) is 277 Å². The minimum absolute atomic E-state index is 0.0267. The van der Waals surface area contributed by atoms with E-state index in [0.29, 0.717) is 0 Å². The van der Waals surface area contributed by atoms with Crippen molar-refractivity contribution < 1.29 is 84.0 Å². The van der Waals surface area contributed by atoms with Gasteiger partial charge in [-0.15, -0.1) is 0 Å². The lowest BCUT2D eigenvalue weighted by atomic mass is 9.99. The Kier molecular flexibility index (Phi) is 9.68. The molecule has 0 aliphatic carbocycles. The lowest BCUT2D eigenvalue weighted by Crippen LogP contribution is -2.60. The first-order valence-corrected chi connectivity index (χ1v) is 13.9. The molecule has 3 heterocycles. The molecule has 3 aromatic rings. The van der Waals surface area contributed by atoms with Crippen LogP contribution in [0.5, 0.6) is 28.7 Å². The molecule has 2 fully saturated rings. The van der Waals surface area contributed by atoms with E-state index in [4.69, 9.17) is 28.1 Å². The van der Waals surface area contributed by atoms with Crippen molar-refractivity contribution in [2.24, 2.45) is 0 Å². The van der Waals surface area contributed by atoms with Gasteiger partial charge in [0.15, 0.2) is 11.5 Å². The number of aliphatic hydroxyl groups excluding tert-OH is 7. The molecular formula is C29H33O17+. The zero-order valence-electron chi connectivity index (χ0n) is 24.0. The Balaban J connectivity index is 1.59. The molecule has 1 aromatic heterocycles. The molecule has 0 amide bonds. The summed E-state index contributed by atoms with van der Waals surface area (Å²) >= 11 is 0. The molecule has 0 spiro atoms. The number of aromatic hydroxyl groups is 3. The standard InChI is InChI=1S/C29H32O17/c1-10(31)41-9-20-22(36)24(38)26(40)29(46-20)44-18-7-13-16(42-27(18)11-2-3-14(33)15(34)4-11)5-12(32)6-17(13)43-28-25(39)23(37)21(35)19(8-30)45-28/h2-7,19-26,28-30,35-40H,8-9H2,1H3,(H2-,32,33,34)/p+1. The van der Waals surface area contributed by atoms with E-state index in [1.54, 1.807) is 0 Å². The maximum absolute atomic E-state index is 11.3. The van der Waals surface area contributed by atoms with Crippen LogP contribution in [0, 0.1) is 0 Å². The van der Waals surface area contributed by atoms with E-state index >= 15 is 0 Å². The molecule has 2 saturated heterocycles. The van der Waals surface area contributed by atoms with Crippen LogP contribution in [-0.2, 0) is 19.0 Å². The maximum Gasteiger partial charge on any atom is 0.402 e. The van der Waals surface area contributed by atoms with Crippen molar-refractivity contribution in [3.63, 3.8) is 0 Å². The predicted molar refractivity (Wildman–Crippen MR) is 149 cm³/mol. The Morgan fingerprint density at radius 3 is 1.98 bits per heavy atom. The second-order valence-corrected chi connectivity index (χ2v) is 10.7. The third kappa shape index (κ3) is 6.59. The fraction of sp³-hybridized carbons (Fsp3) is 0.448. The molecule has 46 heavy (non-hydrogen) atoms. The van der Waals surface area contributed by atoms with Crippen LogP contribution in [0.25, 0.3) is 22.3 Å². The largest absolute Gasteiger partial charge is 0.507 e. The van der Waals surface area contributed by atoms with Crippen molar-refractivity contribution in [3.05, 3.63) is 36.4 Å². The Morgan fingerprint density at radius 2 is 1.37 bits per heavy atom. The molecule has 0 saturated carbocycles. The summed E-state index contributed by atoms with van der Waals surface area (Å²) in [5.41, 5.74) is 0.0251. The van der Waals surface area contributed by atoms with E-state index in [2.05, 4.69) is 0 Å². The molecule has 250 valence electrons. The van der Waals surface area contributed by atoms with E-state index in [0.717, 1.165) is 25.1 Å². The summed E-state index contributed by atoms with van der Waals surface area (Å²) in [5.74, 6) is -2.75. The Morgan fingerprint density at radius 1 is 0.761 bits per heavy atom. The highest BCUT2D eigenvalue weighted by molar-refractivity contribution is 5.89. The van der Waals surface area contributed by atoms with Crippen LogP contribution in [0.1, 0.15) is 6.92 Å². The van der Waals surface area contributed by atoms with Gasteiger partial charge in [0, 0.05) is 25.1 Å². The minimum Gasteiger partial charge on any atom is -0.507 e. The summed E-state index contributed by atoms with van der Waals surface area (Å²) in [4.78, 5) is 11.3. The van der Waals surface area contributed by atoms with Crippen molar-refractivity contribution in [3.8, 4) is 40.1 Å². The van der Waals surface area contributed by atoms with Crippen LogP contribution in [0.3, 0.4) is 0 Å². The Labute approximate surface area is 259 Å². The maximum atomic E-state index is 11.3. The number of hydrogen-bond acceptors (Lipinski definition) is 16. The second-order valence-electron chi connectivity index (χ2n) is 10.7. The predicted octanol–water partition coefficient (Wildman–Crippen LogP) is -1.57. The number of aliphatic hydroxyl groups is 7. The summed E-state index contributed by atoms with van der Waals surface area (Å²) < 4.78 is 33.6. The van der Waals surface area contributed by atoms with E-state index in [1.165, 1.54) is 18.2 Å². The van der Waals surface area contributed by atoms with Crippen molar-refractivity contribution in [1.82, 2.24) is 0 Å². The average molecular weight is 654 g/mol. The highest BCUT2D eigenvalue weighted by atomic mass is 16.7. The van der Waals surface area contributed by atoms with Gasteiger partial charge >= 0.3 is 17.3 Å². The Hall–Kier alpha value is -4.04. The van der Waals surface area contributed by atoms with Crippen LogP contribution in [0.4, 0.5) is 0 Å². The smallest absolute Gasteiger partial charge is 0.402 e. The van der Waals surface area contributed by atoms with E-state index in [-0.39, 0.29) is 33.8 Å². The van der Waals surface area contributed by atoms with Crippen LogP contribution in [0.2, 0.25) is 0 Å². The number of phenolic OH excluding ortho intramolecular Hbond substituents is 3. The number of ether oxygens (including phenoxy) is 5. The first-order chi connectivity index (χ1) is 21.8. The number of carbonyl (C=O) groups excluding carboxylic acids is 1.